The maximum atomic E-state index is 12.4. The van der Waals surface area contributed by atoms with Crippen molar-refractivity contribution in [2.24, 2.45) is 0 Å². The van der Waals surface area contributed by atoms with Crippen molar-refractivity contribution in [3.8, 4) is 5.88 Å². The van der Waals surface area contributed by atoms with E-state index in [-0.39, 0.29) is 11.4 Å². The Bertz CT molecular complexity index is 317. The van der Waals surface area contributed by atoms with E-state index in [1.54, 1.807) is 6.92 Å². The van der Waals surface area contributed by atoms with Gasteiger partial charge in [-0.15, -0.1) is 0 Å². The zero-order valence-corrected chi connectivity index (χ0v) is 8.73. The molecule has 0 aliphatic carbocycles. The highest BCUT2D eigenvalue weighted by Crippen LogP contribution is 2.29. The van der Waals surface area contributed by atoms with Crippen LogP contribution >= 0.6 is 15.9 Å². The van der Waals surface area contributed by atoms with E-state index in [9.17, 15) is 8.78 Å². The highest BCUT2D eigenvalue weighted by atomic mass is 79.9. The molecule has 1 rings (SSSR count). The second-order valence-corrected chi connectivity index (χ2v) is 3.22. The standard InChI is InChI=1S/C8H8BrF2NO/c1-4-5(8(10)11)3-6(13-2)12-7(4)9/h3,8H,1-2H3. The van der Waals surface area contributed by atoms with Crippen molar-refractivity contribution in [3.05, 3.63) is 21.8 Å². The van der Waals surface area contributed by atoms with Crippen LogP contribution in [-0.4, -0.2) is 12.1 Å². The number of hydrogen-bond acceptors (Lipinski definition) is 2. The molecule has 72 valence electrons. The summed E-state index contributed by atoms with van der Waals surface area (Å²) in [7, 11) is 1.39. The van der Waals surface area contributed by atoms with Gasteiger partial charge in [-0.1, -0.05) is 0 Å². The summed E-state index contributed by atoms with van der Waals surface area (Å²) in [4.78, 5) is 3.90. The van der Waals surface area contributed by atoms with Gasteiger partial charge in [0.05, 0.1) is 7.11 Å². The fourth-order valence-electron chi connectivity index (χ4n) is 0.904. The van der Waals surface area contributed by atoms with Gasteiger partial charge < -0.3 is 4.74 Å². The molecule has 0 N–H and O–H groups in total. The summed E-state index contributed by atoms with van der Waals surface area (Å²) < 4.78 is 30.0. The number of nitrogens with zero attached hydrogens (tertiary/aromatic N) is 1. The van der Waals surface area contributed by atoms with E-state index in [1.807, 2.05) is 0 Å². The highest BCUT2D eigenvalue weighted by molar-refractivity contribution is 9.10. The van der Waals surface area contributed by atoms with Crippen LogP contribution in [0.3, 0.4) is 0 Å². The maximum Gasteiger partial charge on any atom is 0.264 e. The van der Waals surface area contributed by atoms with E-state index >= 15 is 0 Å². The molecule has 0 aromatic carbocycles. The summed E-state index contributed by atoms with van der Waals surface area (Å²) >= 11 is 3.08. The van der Waals surface area contributed by atoms with Gasteiger partial charge in [0.25, 0.3) is 6.43 Å². The molecule has 0 aliphatic rings. The minimum Gasteiger partial charge on any atom is -0.481 e. The molecule has 0 atom stereocenters. The molecule has 0 saturated carbocycles. The Morgan fingerprint density at radius 3 is 2.62 bits per heavy atom. The number of rotatable bonds is 2. The first-order valence-corrected chi connectivity index (χ1v) is 4.34. The Balaban J connectivity index is 3.25. The van der Waals surface area contributed by atoms with Gasteiger partial charge in [0.15, 0.2) is 0 Å². The third-order valence-electron chi connectivity index (χ3n) is 1.67. The molecule has 0 unspecified atom stereocenters. The molecule has 0 spiro atoms. The lowest BCUT2D eigenvalue weighted by molar-refractivity contribution is 0.150. The average Bonchev–Trinajstić information content (AvgIpc) is 2.09. The quantitative estimate of drug-likeness (QED) is 0.754. The van der Waals surface area contributed by atoms with Crippen LogP contribution in [0.4, 0.5) is 8.78 Å². The second-order valence-electron chi connectivity index (χ2n) is 2.47. The third-order valence-corrected chi connectivity index (χ3v) is 2.45. The molecular weight excluding hydrogens is 244 g/mol. The van der Waals surface area contributed by atoms with Crippen molar-refractivity contribution in [2.75, 3.05) is 7.11 Å². The lowest BCUT2D eigenvalue weighted by atomic mass is 10.2. The van der Waals surface area contributed by atoms with E-state index in [0.29, 0.717) is 10.2 Å². The van der Waals surface area contributed by atoms with E-state index < -0.39 is 6.43 Å². The predicted octanol–water partition coefficient (Wildman–Crippen LogP) is 3.10. The Kier molecular flexibility index (Phi) is 3.19. The van der Waals surface area contributed by atoms with Gasteiger partial charge in [0.2, 0.25) is 5.88 Å². The first kappa shape index (κ1) is 10.4. The molecule has 2 nitrogen and oxygen atoms in total. The maximum absolute atomic E-state index is 12.4. The number of alkyl halides is 2. The topological polar surface area (TPSA) is 22.1 Å². The molecule has 5 heteroatoms. The van der Waals surface area contributed by atoms with E-state index in [0.717, 1.165) is 0 Å². The van der Waals surface area contributed by atoms with Gasteiger partial charge in [0, 0.05) is 11.6 Å². The van der Waals surface area contributed by atoms with E-state index in [1.165, 1.54) is 13.2 Å². The zero-order valence-electron chi connectivity index (χ0n) is 7.14. The minimum atomic E-state index is -2.51. The molecule has 0 radical (unpaired) electrons. The van der Waals surface area contributed by atoms with Crippen LogP contribution in [0.5, 0.6) is 5.88 Å². The monoisotopic (exact) mass is 251 g/mol. The molecule has 0 bridgehead atoms. The number of aromatic nitrogens is 1. The fourth-order valence-corrected chi connectivity index (χ4v) is 1.31. The number of ether oxygens (including phenoxy) is 1. The molecule has 13 heavy (non-hydrogen) atoms. The average molecular weight is 252 g/mol. The summed E-state index contributed by atoms with van der Waals surface area (Å²) in [5.74, 6) is 0.188. The molecule has 0 aliphatic heterocycles. The van der Waals surface area contributed by atoms with Gasteiger partial charge in [0.1, 0.15) is 4.60 Å². The van der Waals surface area contributed by atoms with Crippen LogP contribution in [0.2, 0.25) is 0 Å². The van der Waals surface area contributed by atoms with Crippen LogP contribution in [0.1, 0.15) is 17.6 Å². The van der Waals surface area contributed by atoms with Crippen molar-refractivity contribution in [2.45, 2.75) is 13.3 Å². The van der Waals surface area contributed by atoms with Crippen LogP contribution in [0, 0.1) is 6.92 Å². The van der Waals surface area contributed by atoms with Gasteiger partial charge in [-0.25, -0.2) is 13.8 Å². The minimum absolute atomic E-state index is 0.0567. The smallest absolute Gasteiger partial charge is 0.264 e. The molecule has 1 aromatic heterocycles. The van der Waals surface area contributed by atoms with Crippen molar-refractivity contribution < 1.29 is 13.5 Å². The number of methoxy groups -OCH3 is 1. The summed E-state index contributed by atoms with van der Waals surface area (Å²) in [5.41, 5.74) is 0.384. The summed E-state index contributed by atoms with van der Waals surface area (Å²) in [6.07, 6.45) is -2.51. The van der Waals surface area contributed by atoms with Crippen molar-refractivity contribution in [3.63, 3.8) is 0 Å². The molecule has 0 saturated heterocycles. The Morgan fingerprint density at radius 1 is 1.54 bits per heavy atom. The largest absolute Gasteiger partial charge is 0.481 e. The first-order chi connectivity index (χ1) is 6.06. The Morgan fingerprint density at radius 2 is 2.15 bits per heavy atom. The molecule has 1 heterocycles. The lowest BCUT2D eigenvalue weighted by Gasteiger charge is -2.08. The first-order valence-electron chi connectivity index (χ1n) is 3.55. The predicted molar refractivity (Wildman–Crippen MR) is 48.2 cm³/mol. The molecule has 1 aromatic rings. The molecular formula is C8H8BrF2NO. The van der Waals surface area contributed by atoms with Crippen LogP contribution in [0.25, 0.3) is 0 Å². The van der Waals surface area contributed by atoms with Crippen LogP contribution in [-0.2, 0) is 0 Å². The van der Waals surface area contributed by atoms with Gasteiger partial charge in [-0.2, -0.15) is 0 Å². The number of hydrogen-bond donors (Lipinski definition) is 0. The van der Waals surface area contributed by atoms with Crippen molar-refractivity contribution in [1.82, 2.24) is 4.98 Å². The van der Waals surface area contributed by atoms with Crippen LogP contribution < -0.4 is 4.74 Å². The molecule has 0 amide bonds. The zero-order chi connectivity index (χ0) is 10.0. The van der Waals surface area contributed by atoms with Crippen LogP contribution in [0.15, 0.2) is 10.7 Å². The van der Waals surface area contributed by atoms with Crippen molar-refractivity contribution >= 4 is 15.9 Å². The lowest BCUT2D eigenvalue weighted by Crippen LogP contribution is -1.96. The van der Waals surface area contributed by atoms with Gasteiger partial charge >= 0.3 is 0 Å². The van der Waals surface area contributed by atoms with Gasteiger partial charge in [-0.3, -0.25) is 0 Å². The molecule has 0 fully saturated rings. The highest BCUT2D eigenvalue weighted by Gasteiger charge is 2.15. The third kappa shape index (κ3) is 2.15. The van der Waals surface area contributed by atoms with E-state index in [4.69, 9.17) is 4.74 Å². The fraction of sp³-hybridized carbons (Fsp3) is 0.375. The number of pyridine rings is 1. The van der Waals surface area contributed by atoms with Crippen molar-refractivity contribution in [1.29, 1.82) is 0 Å². The summed E-state index contributed by atoms with van der Waals surface area (Å²) in [5, 5.41) is 0. The summed E-state index contributed by atoms with van der Waals surface area (Å²) in [6, 6.07) is 1.24. The Labute approximate surface area is 83.1 Å². The normalized spacial score (nSPS) is 10.6. The SMILES string of the molecule is COc1cc(C(F)F)c(C)c(Br)n1. The van der Waals surface area contributed by atoms with E-state index in [2.05, 4.69) is 20.9 Å². The summed E-state index contributed by atoms with van der Waals surface area (Å²) in [6.45, 7) is 1.58. The number of halogens is 3. The Hall–Kier alpha value is -0.710. The van der Waals surface area contributed by atoms with Gasteiger partial charge in [-0.05, 0) is 28.4 Å². The second kappa shape index (κ2) is 4.00.